The first-order valence-electron chi connectivity index (χ1n) is 10.4. The summed E-state index contributed by atoms with van der Waals surface area (Å²) in [5, 5.41) is 4.01. The van der Waals surface area contributed by atoms with Gasteiger partial charge in [0.2, 0.25) is 10.0 Å². The number of halogens is 3. The second-order valence-electron chi connectivity index (χ2n) is 8.13. The number of hydrogen-bond donors (Lipinski definition) is 3. The van der Waals surface area contributed by atoms with E-state index in [9.17, 15) is 12.8 Å². The largest absolute Gasteiger partial charge is 0.383 e. The summed E-state index contributed by atoms with van der Waals surface area (Å²) in [6.07, 6.45) is 6.34. The zero-order valence-corrected chi connectivity index (χ0v) is 21.1. The molecule has 1 aliphatic carbocycles. The van der Waals surface area contributed by atoms with Crippen LogP contribution in [0.4, 0.5) is 4.39 Å². The van der Waals surface area contributed by atoms with Gasteiger partial charge in [0.05, 0.1) is 14.7 Å². The molecule has 2 aliphatic rings. The smallest absolute Gasteiger partial charge is 0.216 e. The molecule has 2 aromatic rings. The van der Waals surface area contributed by atoms with E-state index in [4.69, 9.17) is 17.3 Å². The quantitative estimate of drug-likeness (QED) is 0.188. The number of sulfonamides is 1. The van der Waals surface area contributed by atoms with E-state index in [1.807, 2.05) is 22.6 Å². The minimum Gasteiger partial charge on any atom is -0.383 e. The molecule has 3 heterocycles. The molecular formula is C20H25ClFIN6O2S. The number of piperidine rings is 1. The van der Waals surface area contributed by atoms with Crippen LogP contribution in [0.5, 0.6) is 0 Å². The molecule has 1 saturated carbocycles. The number of nitrogens with one attached hydrogen (secondary N) is 2. The van der Waals surface area contributed by atoms with E-state index < -0.39 is 15.9 Å². The van der Waals surface area contributed by atoms with Gasteiger partial charge in [-0.25, -0.2) is 27.1 Å². The van der Waals surface area contributed by atoms with Gasteiger partial charge in [-0.1, -0.05) is 34.2 Å². The molecule has 4 rings (SSSR count). The van der Waals surface area contributed by atoms with Gasteiger partial charge in [-0.3, -0.25) is 0 Å². The van der Waals surface area contributed by atoms with Crippen LogP contribution in [0.1, 0.15) is 31.2 Å². The monoisotopic (exact) mass is 594 g/mol. The van der Waals surface area contributed by atoms with E-state index in [0.29, 0.717) is 41.3 Å². The summed E-state index contributed by atoms with van der Waals surface area (Å²) in [4.78, 5) is 11.5. The number of fused-ring (bicyclic) bond motifs is 1. The van der Waals surface area contributed by atoms with E-state index in [-0.39, 0.29) is 27.3 Å². The number of pyridine rings is 1. The molecule has 1 aliphatic heterocycles. The molecule has 0 aromatic carbocycles. The topological polar surface area (TPSA) is 116 Å². The molecule has 0 bridgehead atoms. The number of nitrogens with two attached hydrogens (primary N) is 1. The number of aromatic amines is 1. The third kappa shape index (κ3) is 5.20. The minimum atomic E-state index is -3.20. The SMILES string of the molecule is N/C(=N\C(NCC1CCCN(S(=O)(=O)C2CC2)C1)=C(\F)CI)c1c[nH]c2ncc(Cl)cc12. The van der Waals surface area contributed by atoms with E-state index in [1.54, 1.807) is 16.6 Å². The maximum atomic E-state index is 14.6. The van der Waals surface area contributed by atoms with Crippen LogP contribution in [0, 0.1) is 5.92 Å². The molecule has 174 valence electrons. The van der Waals surface area contributed by atoms with Gasteiger partial charge in [-0.2, -0.15) is 0 Å². The Labute approximate surface area is 205 Å². The van der Waals surface area contributed by atoms with Crippen molar-refractivity contribution in [3.05, 3.63) is 40.7 Å². The molecule has 0 spiro atoms. The number of amidine groups is 1. The van der Waals surface area contributed by atoms with Gasteiger partial charge in [0.1, 0.15) is 11.5 Å². The molecule has 0 amide bonds. The van der Waals surface area contributed by atoms with Crippen molar-refractivity contribution in [3.8, 4) is 0 Å². The second-order valence-corrected chi connectivity index (χ2v) is 11.5. The molecule has 2 aromatic heterocycles. The Hall–Kier alpha value is -1.44. The maximum Gasteiger partial charge on any atom is 0.216 e. The summed E-state index contributed by atoms with van der Waals surface area (Å²) in [5.41, 5.74) is 7.39. The Morgan fingerprint density at radius 2 is 2.22 bits per heavy atom. The lowest BCUT2D eigenvalue weighted by molar-refractivity contribution is 0.263. The number of hydrogen-bond acceptors (Lipinski definition) is 5. The molecule has 8 nitrogen and oxygen atoms in total. The van der Waals surface area contributed by atoms with Crippen molar-refractivity contribution in [1.82, 2.24) is 19.6 Å². The Morgan fingerprint density at radius 1 is 1.44 bits per heavy atom. The summed E-state index contributed by atoms with van der Waals surface area (Å²) in [7, 11) is -3.20. The van der Waals surface area contributed by atoms with E-state index in [1.165, 1.54) is 6.20 Å². The van der Waals surface area contributed by atoms with Crippen molar-refractivity contribution in [2.24, 2.45) is 16.6 Å². The van der Waals surface area contributed by atoms with Gasteiger partial charge in [-0.15, -0.1) is 0 Å². The fourth-order valence-corrected chi connectivity index (χ4v) is 6.35. The van der Waals surface area contributed by atoms with Crippen LogP contribution in [0.2, 0.25) is 5.02 Å². The second kappa shape index (κ2) is 9.82. The maximum absolute atomic E-state index is 14.6. The highest BCUT2D eigenvalue weighted by Crippen LogP contribution is 2.33. The van der Waals surface area contributed by atoms with Gasteiger partial charge in [-0.05, 0) is 37.7 Å². The van der Waals surface area contributed by atoms with Crippen LogP contribution in [-0.2, 0) is 10.0 Å². The van der Waals surface area contributed by atoms with Gasteiger partial charge < -0.3 is 16.0 Å². The highest BCUT2D eigenvalue weighted by Gasteiger charge is 2.41. The van der Waals surface area contributed by atoms with Crippen LogP contribution in [0.15, 0.2) is 35.1 Å². The number of aromatic nitrogens is 2. The lowest BCUT2D eigenvalue weighted by Crippen LogP contribution is -2.44. The number of allylic oxidation sites excluding steroid dienone is 1. The summed E-state index contributed by atoms with van der Waals surface area (Å²) < 4.78 is 41.5. The predicted octanol–water partition coefficient (Wildman–Crippen LogP) is 3.29. The molecule has 1 saturated heterocycles. The van der Waals surface area contributed by atoms with E-state index in [0.717, 1.165) is 25.7 Å². The predicted molar refractivity (Wildman–Crippen MR) is 133 cm³/mol. The molecular weight excluding hydrogens is 570 g/mol. The lowest BCUT2D eigenvalue weighted by Gasteiger charge is -2.32. The number of nitrogens with zero attached hydrogens (tertiary/aromatic N) is 3. The molecule has 0 radical (unpaired) electrons. The van der Waals surface area contributed by atoms with Crippen molar-refractivity contribution in [2.45, 2.75) is 30.9 Å². The van der Waals surface area contributed by atoms with Crippen molar-refractivity contribution >= 4 is 61.1 Å². The third-order valence-corrected chi connectivity index (χ3v) is 8.97. The van der Waals surface area contributed by atoms with Crippen LogP contribution in [0.3, 0.4) is 0 Å². The van der Waals surface area contributed by atoms with Crippen molar-refractivity contribution in [3.63, 3.8) is 0 Å². The molecule has 2 fully saturated rings. The molecule has 4 N–H and O–H groups in total. The summed E-state index contributed by atoms with van der Waals surface area (Å²) in [6.45, 7) is 1.41. The Kier molecular flexibility index (Phi) is 7.27. The summed E-state index contributed by atoms with van der Waals surface area (Å²) in [5.74, 6) is -0.169. The Balaban J connectivity index is 1.49. The standard InChI is InChI=1S/C20H25ClFIN6O2S/c21-13-6-15-16(10-27-19(15)26-9-13)18(24)28-20(17(22)7-23)25-8-12-2-1-5-29(11-12)32(30,31)14-3-4-14/h6,9-10,12,14,25H,1-5,7-8,11H2,(H2,24,28)(H,26,27)/b20-17+. The summed E-state index contributed by atoms with van der Waals surface area (Å²) in [6, 6.07) is 1.72. The number of H-pyrrole nitrogens is 1. The highest BCUT2D eigenvalue weighted by molar-refractivity contribution is 14.1. The first-order valence-corrected chi connectivity index (χ1v) is 13.8. The Bertz CT molecular complexity index is 1160. The molecule has 32 heavy (non-hydrogen) atoms. The van der Waals surface area contributed by atoms with Crippen LogP contribution >= 0.6 is 34.2 Å². The molecule has 1 unspecified atom stereocenters. The van der Waals surface area contributed by atoms with Crippen LogP contribution in [-0.4, -0.2) is 57.8 Å². The fraction of sp³-hybridized carbons (Fsp3) is 0.500. The van der Waals surface area contributed by atoms with Gasteiger partial charge >= 0.3 is 0 Å². The van der Waals surface area contributed by atoms with Crippen molar-refractivity contribution in [1.29, 1.82) is 0 Å². The Morgan fingerprint density at radius 3 is 2.94 bits per heavy atom. The fourth-order valence-electron chi connectivity index (χ4n) is 3.87. The molecule has 12 heteroatoms. The average Bonchev–Trinajstić information content (AvgIpc) is 3.57. The van der Waals surface area contributed by atoms with Gasteiger partial charge in [0, 0.05) is 43.0 Å². The van der Waals surface area contributed by atoms with Crippen molar-refractivity contribution in [2.75, 3.05) is 24.1 Å². The minimum absolute atomic E-state index is 0.0587. The average molecular weight is 595 g/mol. The normalized spacial score (nSPS) is 21.6. The zero-order chi connectivity index (χ0) is 22.9. The third-order valence-electron chi connectivity index (χ3n) is 5.73. The summed E-state index contributed by atoms with van der Waals surface area (Å²) >= 11 is 7.97. The lowest BCUT2D eigenvalue weighted by atomic mass is 10.00. The van der Waals surface area contributed by atoms with Crippen LogP contribution in [0.25, 0.3) is 11.0 Å². The van der Waals surface area contributed by atoms with Gasteiger partial charge in [0.25, 0.3) is 0 Å². The van der Waals surface area contributed by atoms with E-state index >= 15 is 0 Å². The van der Waals surface area contributed by atoms with Crippen molar-refractivity contribution < 1.29 is 12.8 Å². The highest BCUT2D eigenvalue weighted by atomic mass is 127. The first-order chi connectivity index (χ1) is 15.3. The number of aliphatic imine (C=N–C) groups is 1. The molecule has 1 atom stereocenters. The number of alkyl halides is 1. The van der Waals surface area contributed by atoms with Gasteiger partial charge in [0.15, 0.2) is 11.6 Å². The number of rotatable bonds is 8. The zero-order valence-electron chi connectivity index (χ0n) is 17.3. The van der Waals surface area contributed by atoms with Crippen LogP contribution < -0.4 is 11.1 Å². The first kappa shape index (κ1) is 23.7. The van der Waals surface area contributed by atoms with E-state index in [2.05, 4.69) is 20.3 Å².